The molecule has 142 valence electrons. The maximum atomic E-state index is 13.1. The van der Waals surface area contributed by atoms with Gasteiger partial charge < -0.3 is 4.90 Å². The summed E-state index contributed by atoms with van der Waals surface area (Å²) in [6.45, 7) is 3.14. The molecule has 7 heteroatoms. The molecule has 27 heavy (non-hydrogen) atoms. The number of nitrogens with zero attached hydrogens (tertiary/aromatic N) is 3. The molecule has 0 aliphatic rings. The van der Waals surface area contributed by atoms with Crippen LogP contribution >= 0.6 is 27.3 Å². The van der Waals surface area contributed by atoms with Gasteiger partial charge in [0.15, 0.2) is 5.69 Å². The van der Waals surface area contributed by atoms with Gasteiger partial charge in [0, 0.05) is 23.9 Å². The van der Waals surface area contributed by atoms with Gasteiger partial charge in [0.25, 0.3) is 11.5 Å². The monoisotopic (exact) mass is 447 g/mol. The molecule has 0 aliphatic heterocycles. The molecule has 0 N–H and O–H groups in total. The maximum Gasteiger partial charge on any atom is 0.275 e. The number of amides is 1. The van der Waals surface area contributed by atoms with Gasteiger partial charge >= 0.3 is 0 Å². The molecule has 0 aliphatic carbocycles. The van der Waals surface area contributed by atoms with Crippen molar-refractivity contribution in [1.29, 1.82) is 0 Å². The summed E-state index contributed by atoms with van der Waals surface area (Å²) in [5.41, 5.74) is 0.197. The van der Waals surface area contributed by atoms with Crippen LogP contribution in [0.2, 0.25) is 0 Å². The highest BCUT2D eigenvalue weighted by molar-refractivity contribution is 9.11. The number of hydrogen-bond acceptors (Lipinski definition) is 4. The van der Waals surface area contributed by atoms with Crippen molar-refractivity contribution in [1.82, 2.24) is 14.7 Å². The van der Waals surface area contributed by atoms with E-state index in [2.05, 4.69) is 28.0 Å². The van der Waals surface area contributed by atoms with Gasteiger partial charge in [-0.1, -0.05) is 38.0 Å². The third kappa shape index (κ3) is 4.47. The number of benzene rings is 1. The van der Waals surface area contributed by atoms with Crippen LogP contribution in [0.15, 0.2) is 45.0 Å². The normalized spacial score (nSPS) is 11.1. The third-order valence-corrected chi connectivity index (χ3v) is 6.02. The van der Waals surface area contributed by atoms with Crippen molar-refractivity contribution in [2.45, 2.75) is 39.3 Å². The quantitative estimate of drug-likeness (QED) is 0.493. The Morgan fingerprint density at radius 1 is 1.19 bits per heavy atom. The minimum absolute atomic E-state index is 0.136. The minimum Gasteiger partial charge on any atom is -0.335 e. The van der Waals surface area contributed by atoms with Crippen molar-refractivity contribution in [2.24, 2.45) is 0 Å². The molecule has 1 amide bonds. The van der Waals surface area contributed by atoms with Crippen molar-refractivity contribution < 1.29 is 4.79 Å². The van der Waals surface area contributed by atoms with E-state index in [1.807, 2.05) is 24.3 Å². The van der Waals surface area contributed by atoms with Crippen LogP contribution in [0.25, 0.3) is 10.8 Å². The zero-order valence-corrected chi connectivity index (χ0v) is 17.8. The largest absolute Gasteiger partial charge is 0.335 e. The summed E-state index contributed by atoms with van der Waals surface area (Å²) >= 11 is 5.05. The molecule has 3 aromatic rings. The average molecular weight is 448 g/mol. The summed E-state index contributed by atoms with van der Waals surface area (Å²) in [5.74, 6) is -0.181. The molecule has 0 spiro atoms. The molecular formula is C20H22BrN3O2S. The number of aryl methyl sites for hydroxylation is 1. The second-order valence-electron chi connectivity index (χ2n) is 6.50. The molecule has 0 atom stereocenters. The number of halogens is 1. The number of rotatable bonds is 7. The Balaban J connectivity index is 1.97. The number of unbranched alkanes of at least 4 members (excludes halogenated alkanes) is 2. The smallest absolute Gasteiger partial charge is 0.275 e. The number of fused-ring (bicyclic) bond motifs is 1. The Bertz CT molecular complexity index is 1010. The molecule has 1 aromatic carbocycles. The molecular weight excluding hydrogens is 426 g/mol. The van der Waals surface area contributed by atoms with Crippen molar-refractivity contribution in [2.75, 3.05) is 7.05 Å². The van der Waals surface area contributed by atoms with Crippen LogP contribution in [-0.2, 0) is 13.1 Å². The van der Waals surface area contributed by atoms with Crippen molar-refractivity contribution in [3.8, 4) is 0 Å². The fourth-order valence-electron chi connectivity index (χ4n) is 2.98. The summed E-state index contributed by atoms with van der Waals surface area (Å²) in [6, 6.07) is 11.2. The van der Waals surface area contributed by atoms with Crippen molar-refractivity contribution in [3.05, 3.63) is 61.1 Å². The van der Waals surface area contributed by atoms with Gasteiger partial charge in [0.2, 0.25) is 0 Å². The minimum atomic E-state index is -0.181. The summed E-state index contributed by atoms with van der Waals surface area (Å²) in [7, 11) is 1.76. The fraction of sp³-hybridized carbons (Fsp3) is 0.350. The van der Waals surface area contributed by atoms with Gasteiger partial charge in [-0.25, -0.2) is 4.68 Å². The van der Waals surface area contributed by atoms with E-state index in [-0.39, 0.29) is 11.5 Å². The van der Waals surface area contributed by atoms with E-state index < -0.39 is 0 Å². The van der Waals surface area contributed by atoms with Crippen LogP contribution in [0.4, 0.5) is 0 Å². The van der Waals surface area contributed by atoms with E-state index in [4.69, 9.17) is 0 Å². The molecule has 0 saturated heterocycles. The first-order chi connectivity index (χ1) is 13.0. The van der Waals surface area contributed by atoms with Gasteiger partial charge in [-0.05, 0) is 40.5 Å². The first-order valence-electron chi connectivity index (χ1n) is 9.00. The molecule has 0 radical (unpaired) electrons. The van der Waals surface area contributed by atoms with Gasteiger partial charge in [0.05, 0.1) is 15.7 Å². The number of aromatic nitrogens is 2. The predicted octanol–water partition coefficient (Wildman–Crippen LogP) is 4.68. The first-order valence-corrected chi connectivity index (χ1v) is 10.6. The number of carbonyl (C=O) groups excluding carboxylic acids is 1. The Hall–Kier alpha value is -1.99. The van der Waals surface area contributed by atoms with E-state index in [1.54, 1.807) is 35.4 Å². The lowest BCUT2D eigenvalue weighted by Gasteiger charge is -2.18. The molecule has 0 fully saturated rings. The zero-order chi connectivity index (χ0) is 19.4. The van der Waals surface area contributed by atoms with Crippen LogP contribution in [0, 0.1) is 0 Å². The summed E-state index contributed by atoms with van der Waals surface area (Å²) in [4.78, 5) is 28.6. The van der Waals surface area contributed by atoms with Crippen molar-refractivity contribution in [3.63, 3.8) is 0 Å². The van der Waals surface area contributed by atoms with Gasteiger partial charge in [-0.3, -0.25) is 9.59 Å². The SMILES string of the molecule is CCCCCn1nc(C(=O)N(C)Cc2ccc(Br)s2)c2ccccc2c1=O. The van der Waals surface area contributed by atoms with Gasteiger partial charge in [-0.15, -0.1) is 11.3 Å². The van der Waals surface area contributed by atoms with E-state index in [0.717, 1.165) is 27.9 Å². The molecule has 0 unspecified atom stereocenters. The molecule has 5 nitrogen and oxygen atoms in total. The first kappa shape index (κ1) is 19.8. The molecule has 3 rings (SSSR count). The van der Waals surface area contributed by atoms with Crippen LogP contribution in [-0.4, -0.2) is 27.6 Å². The predicted molar refractivity (Wildman–Crippen MR) is 113 cm³/mol. The second-order valence-corrected chi connectivity index (χ2v) is 9.04. The summed E-state index contributed by atoms with van der Waals surface area (Å²) in [5, 5.41) is 5.60. The van der Waals surface area contributed by atoms with Crippen LogP contribution in [0.5, 0.6) is 0 Å². The van der Waals surface area contributed by atoms with Gasteiger partial charge in [0.1, 0.15) is 0 Å². The zero-order valence-electron chi connectivity index (χ0n) is 15.4. The average Bonchev–Trinajstić information content (AvgIpc) is 3.08. The maximum absolute atomic E-state index is 13.1. The second kappa shape index (κ2) is 8.80. The Morgan fingerprint density at radius 2 is 1.93 bits per heavy atom. The summed E-state index contributed by atoms with van der Waals surface area (Å²) < 4.78 is 2.48. The molecule has 0 saturated carbocycles. The number of carbonyl (C=O) groups is 1. The lowest BCUT2D eigenvalue weighted by atomic mass is 10.1. The van der Waals surface area contributed by atoms with Gasteiger partial charge in [-0.2, -0.15) is 5.10 Å². The highest BCUT2D eigenvalue weighted by Crippen LogP contribution is 2.24. The van der Waals surface area contributed by atoms with Crippen LogP contribution < -0.4 is 5.56 Å². The van der Waals surface area contributed by atoms with E-state index in [1.165, 1.54) is 4.68 Å². The highest BCUT2D eigenvalue weighted by Gasteiger charge is 2.20. The van der Waals surface area contributed by atoms with Crippen LogP contribution in [0.3, 0.4) is 0 Å². The number of thiophene rings is 1. The van der Waals surface area contributed by atoms with E-state index in [9.17, 15) is 9.59 Å². The topological polar surface area (TPSA) is 55.2 Å². The Labute approximate surface area is 170 Å². The van der Waals surface area contributed by atoms with E-state index >= 15 is 0 Å². The Morgan fingerprint density at radius 3 is 2.59 bits per heavy atom. The fourth-order valence-corrected chi connectivity index (χ4v) is 4.52. The highest BCUT2D eigenvalue weighted by atomic mass is 79.9. The molecule has 2 heterocycles. The standard InChI is InChI=1S/C20H22BrN3O2S/c1-3-4-7-12-24-19(25)16-9-6-5-8-15(16)18(22-24)20(26)23(2)13-14-10-11-17(21)27-14/h5-6,8-11H,3-4,7,12-13H2,1-2H3. The lowest BCUT2D eigenvalue weighted by molar-refractivity contribution is 0.0780. The molecule has 2 aromatic heterocycles. The third-order valence-electron chi connectivity index (χ3n) is 4.41. The number of hydrogen-bond donors (Lipinski definition) is 0. The Kier molecular flexibility index (Phi) is 6.44. The molecule has 0 bridgehead atoms. The van der Waals surface area contributed by atoms with Crippen LogP contribution in [0.1, 0.15) is 41.6 Å². The van der Waals surface area contributed by atoms with Crippen molar-refractivity contribution >= 4 is 43.9 Å². The lowest BCUT2D eigenvalue weighted by Crippen LogP contribution is -2.31. The summed E-state index contributed by atoms with van der Waals surface area (Å²) in [6.07, 6.45) is 2.96. The van der Waals surface area contributed by atoms with E-state index in [0.29, 0.717) is 29.6 Å².